The number of methoxy groups -OCH3 is 1. The average Bonchev–Trinajstić information content (AvgIpc) is 2.91. The van der Waals surface area contributed by atoms with E-state index in [1.54, 1.807) is 38.1 Å². The van der Waals surface area contributed by atoms with Gasteiger partial charge < -0.3 is 29.6 Å². The zero-order chi connectivity index (χ0) is 29.2. The zero-order valence-electron chi connectivity index (χ0n) is 22.0. The summed E-state index contributed by atoms with van der Waals surface area (Å²) < 4.78 is 23.5. The number of hydrazone groups is 1. The summed E-state index contributed by atoms with van der Waals surface area (Å²) >= 11 is 5.62. The highest BCUT2D eigenvalue weighted by Crippen LogP contribution is 2.35. The van der Waals surface area contributed by atoms with Gasteiger partial charge >= 0.3 is 12.0 Å². The van der Waals surface area contributed by atoms with E-state index in [1.165, 1.54) is 13.3 Å². The molecule has 1 atom stereocenters. The van der Waals surface area contributed by atoms with Crippen LogP contribution in [0.1, 0.15) is 31.0 Å². The highest BCUT2D eigenvalue weighted by Gasteiger charge is 2.32. The lowest BCUT2D eigenvalue weighted by molar-refractivity contribution is -0.139. The molecule has 2 aromatic rings. The lowest BCUT2D eigenvalue weighted by Crippen LogP contribution is -2.45. The summed E-state index contributed by atoms with van der Waals surface area (Å²) in [4.78, 5) is 37.0. The minimum Gasteiger partial charge on any atom is -0.493 e. The Morgan fingerprint density at radius 1 is 1.23 bits per heavy atom. The van der Waals surface area contributed by atoms with E-state index in [4.69, 9.17) is 18.9 Å². The number of nitrogens with one attached hydrogen (secondary N) is 3. The third kappa shape index (κ3) is 7.97. The van der Waals surface area contributed by atoms with Gasteiger partial charge in [-0.15, -0.1) is 0 Å². The molecule has 0 saturated heterocycles. The van der Waals surface area contributed by atoms with E-state index in [9.17, 15) is 14.4 Å². The van der Waals surface area contributed by atoms with Gasteiger partial charge in [-0.2, -0.15) is 5.10 Å². The first kappa shape index (κ1) is 30.9. The minimum absolute atomic E-state index is 0.187. The van der Waals surface area contributed by atoms with E-state index in [2.05, 4.69) is 66.3 Å². The Kier molecular flexibility index (Phi) is 11.4. The number of hydrogen-bond acceptors (Lipinski definition) is 8. The molecule has 0 spiro atoms. The molecule has 0 aromatic heterocycles. The van der Waals surface area contributed by atoms with Crippen molar-refractivity contribution in [3.8, 4) is 17.2 Å². The summed E-state index contributed by atoms with van der Waals surface area (Å²) in [6.45, 7) is 7.20. The SMILES string of the molecule is C=CCOc1c(Br)cc(/C=N\NC(=O)COc2ccc([C@H]3NC(=O)NC(C)=C3C(=O)OCC)cc2OC)cc1I. The van der Waals surface area contributed by atoms with E-state index in [0.29, 0.717) is 29.4 Å². The Balaban J connectivity index is 1.66. The molecule has 0 aliphatic carbocycles. The molecule has 212 valence electrons. The Hall–Kier alpha value is -3.59. The molecule has 1 heterocycles. The summed E-state index contributed by atoms with van der Waals surface area (Å²) in [5.41, 5.74) is 4.40. The largest absolute Gasteiger partial charge is 0.493 e. The molecular weight excluding hydrogens is 699 g/mol. The van der Waals surface area contributed by atoms with Gasteiger partial charge in [-0.05, 0) is 87.8 Å². The maximum absolute atomic E-state index is 12.6. The van der Waals surface area contributed by atoms with Crippen LogP contribution in [0.3, 0.4) is 0 Å². The first-order valence-electron chi connectivity index (χ1n) is 12.0. The van der Waals surface area contributed by atoms with Crippen molar-refractivity contribution in [2.75, 3.05) is 26.9 Å². The second-order valence-corrected chi connectivity index (χ2v) is 10.2. The number of allylic oxidation sites excluding steroid dienone is 1. The van der Waals surface area contributed by atoms with Gasteiger partial charge in [0, 0.05) is 5.70 Å². The molecule has 0 radical (unpaired) electrons. The zero-order valence-corrected chi connectivity index (χ0v) is 25.8. The van der Waals surface area contributed by atoms with Crippen molar-refractivity contribution in [1.29, 1.82) is 0 Å². The number of rotatable bonds is 12. The standard InChI is InChI=1S/C27H28BrIN4O7/c1-5-9-39-25-18(28)10-16(11-19(25)29)13-30-33-22(34)14-40-20-8-7-17(12-21(20)37-4)24-23(26(35)38-6-2)15(3)31-27(36)32-24/h5,7-8,10-13,24H,1,6,9,14H2,2-4H3,(H,33,34)(H2,31,32,36)/b30-13-/t24-/m1/s1. The van der Waals surface area contributed by atoms with Gasteiger partial charge in [-0.1, -0.05) is 18.7 Å². The molecule has 0 unspecified atom stereocenters. The number of hydrogen-bond donors (Lipinski definition) is 3. The molecule has 0 bridgehead atoms. The fourth-order valence-electron chi connectivity index (χ4n) is 3.69. The van der Waals surface area contributed by atoms with Crippen LogP contribution in [0.5, 0.6) is 17.2 Å². The van der Waals surface area contributed by atoms with Crippen molar-refractivity contribution >= 4 is 62.6 Å². The Morgan fingerprint density at radius 2 is 2.00 bits per heavy atom. The van der Waals surface area contributed by atoms with Crippen LogP contribution in [0.4, 0.5) is 4.79 Å². The number of esters is 1. The number of halogens is 2. The van der Waals surface area contributed by atoms with Crippen LogP contribution in [0.25, 0.3) is 0 Å². The average molecular weight is 727 g/mol. The van der Waals surface area contributed by atoms with Crippen molar-refractivity contribution in [2.45, 2.75) is 19.9 Å². The number of amides is 3. The molecule has 3 N–H and O–H groups in total. The van der Waals surface area contributed by atoms with Crippen LogP contribution in [0, 0.1) is 3.57 Å². The number of ether oxygens (including phenoxy) is 4. The van der Waals surface area contributed by atoms with Crippen LogP contribution >= 0.6 is 38.5 Å². The second kappa shape index (κ2) is 14.7. The van der Waals surface area contributed by atoms with Crippen molar-refractivity contribution < 1.29 is 33.3 Å². The highest BCUT2D eigenvalue weighted by molar-refractivity contribution is 14.1. The third-order valence-corrected chi connectivity index (χ3v) is 6.80. The Bertz CT molecular complexity index is 1340. The van der Waals surface area contributed by atoms with E-state index in [0.717, 1.165) is 13.6 Å². The van der Waals surface area contributed by atoms with E-state index >= 15 is 0 Å². The van der Waals surface area contributed by atoms with E-state index < -0.39 is 23.9 Å². The molecule has 1 aliphatic rings. The molecule has 3 rings (SSSR count). The lowest BCUT2D eigenvalue weighted by Gasteiger charge is -2.28. The summed E-state index contributed by atoms with van der Waals surface area (Å²) in [6, 6.07) is 7.33. The van der Waals surface area contributed by atoms with Gasteiger partial charge in [0.1, 0.15) is 12.4 Å². The summed E-state index contributed by atoms with van der Waals surface area (Å²) in [6.07, 6.45) is 3.16. The van der Waals surface area contributed by atoms with Crippen LogP contribution in [0.2, 0.25) is 0 Å². The van der Waals surface area contributed by atoms with Gasteiger partial charge in [-0.25, -0.2) is 15.0 Å². The third-order valence-electron chi connectivity index (χ3n) is 5.41. The van der Waals surface area contributed by atoms with Gasteiger partial charge in [0.05, 0.1) is 39.6 Å². The molecule has 2 aromatic carbocycles. The smallest absolute Gasteiger partial charge is 0.338 e. The van der Waals surface area contributed by atoms with Gasteiger partial charge in [0.25, 0.3) is 5.91 Å². The molecule has 13 heteroatoms. The van der Waals surface area contributed by atoms with Crippen LogP contribution in [-0.2, 0) is 14.3 Å². The highest BCUT2D eigenvalue weighted by atomic mass is 127. The lowest BCUT2D eigenvalue weighted by atomic mass is 9.95. The number of nitrogens with zero attached hydrogens (tertiary/aromatic N) is 1. The second-order valence-electron chi connectivity index (χ2n) is 8.20. The maximum atomic E-state index is 12.6. The molecule has 0 saturated carbocycles. The molecule has 1 aliphatic heterocycles. The first-order valence-corrected chi connectivity index (χ1v) is 13.9. The van der Waals surface area contributed by atoms with Gasteiger partial charge in [-0.3, -0.25) is 4.79 Å². The monoisotopic (exact) mass is 726 g/mol. The normalized spacial score (nSPS) is 14.7. The van der Waals surface area contributed by atoms with Crippen molar-refractivity contribution in [2.24, 2.45) is 5.10 Å². The van der Waals surface area contributed by atoms with Crippen molar-refractivity contribution in [3.63, 3.8) is 0 Å². The first-order chi connectivity index (χ1) is 19.2. The molecule has 3 amide bonds. The number of urea groups is 1. The molecular formula is C27H28BrIN4O7. The topological polar surface area (TPSA) is 137 Å². The predicted molar refractivity (Wildman–Crippen MR) is 161 cm³/mol. The van der Waals surface area contributed by atoms with Gasteiger partial charge in [0.2, 0.25) is 0 Å². The fourth-order valence-corrected chi connectivity index (χ4v) is 5.46. The summed E-state index contributed by atoms with van der Waals surface area (Å²) in [5, 5.41) is 9.31. The van der Waals surface area contributed by atoms with Crippen molar-refractivity contribution in [3.05, 3.63) is 73.4 Å². The number of benzene rings is 2. The number of carbonyl (C=O) groups excluding carboxylic acids is 3. The summed E-state index contributed by atoms with van der Waals surface area (Å²) in [7, 11) is 1.44. The van der Waals surface area contributed by atoms with Crippen LogP contribution < -0.4 is 30.3 Å². The van der Waals surface area contributed by atoms with Gasteiger partial charge in [0.15, 0.2) is 18.1 Å². The quantitative estimate of drug-likeness (QED) is 0.0974. The predicted octanol–water partition coefficient (Wildman–Crippen LogP) is 4.35. The minimum atomic E-state index is -0.765. The van der Waals surface area contributed by atoms with E-state index in [1.807, 2.05) is 12.1 Å². The maximum Gasteiger partial charge on any atom is 0.338 e. The Morgan fingerprint density at radius 3 is 2.67 bits per heavy atom. The van der Waals surface area contributed by atoms with Crippen LogP contribution in [0.15, 0.2) is 63.8 Å². The molecule has 11 nitrogen and oxygen atoms in total. The van der Waals surface area contributed by atoms with E-state index in [-0.39, 0.29) is 24.5 Å². The van der Waals surface area contributed by atoms with Crippen molar-refractivity contribution in [1.82, 2.24) is 16.1 Å². The fraction of sp³-hybridized carbons (Fsp3) is 0.259. The van der Waals surface area contributed by atoms with Crippen LogP contribution in [-0.4, -0.2) is 51.1 Å². The molecule has 40 heavy (non-hydrogen) atoms. The molecule has 0 fully saturated rings. The number of carbonyl (C=O) groups is 3. The Labute approximate surface area is 253 Å². The summed E-state index contributed by atoms with van der Waals surface area (Å²) in [5.74, 6) is 0.253.